The Balaban J connectivity index is 1.91. The smallest absolute Gasteiger partial charge is 0.357 e. The van der Waals surface area contributed by atoms with Gasteiger partial charge in [-0.05, 0) is 38.9 Å². The van der Waals surface area contributed by atoms with Crippen LogP contribution in [0.1, 0.15) is 18.9 Å². The van der Waals surface area contributed by atoms with Crippen LogP contribution in [0.5, 0.6) is 5.88 Å². The van der Waals surface area contributed by atoms with E-state index < -0.39 is 18.4 Å². The van der Waals surface area contributed by atoms with Crippen molar-refractivity contribution in [2.45, 2.75) is 32.2 Å². The highest BCUT2D eigenvalue weighted by Gasteiger charge is 2.42. The summed E-state index contributed by atoms with van der Waals surface area (Å²) in [6.07, 6.45) is 2.13. The molecule has 23 heavy (non-hydrogen) atoms. The van der Waals surface area contributed by atoms with Crippen molar-refractivity contribution in [2.75, 3.05) is 26.7 Å². The number of aromatic nitrogens is 1. The van der Waals surface area contributed by atoms with Crippen molar-refractivity contribution in [3.8, 4) is 5.88 Å². The van der Waals surface area contributed by atoms with Gasteiger partial charge in [0, 0.05) is 24.3 Å². The van der Waals surface area contributed by atoms with Gasteiger partial charge in [0.2, 0.25) is 5.88 Å². The van der Waals surface area contributed by atoms with Gasteiger partial charge in [0.15, 0.2) is 6.61 Å². The molecule has 2 heterocycles. The van der Waals surface area contributed by atoms with Crippen LogP contribution in [-0.2, 0) is 4.79 Å². The summed E-state index contributed by atoms with van der Waals surface area (Å²) in [6, 6.07) is 3.16. The standard InChI is InChI=1S/C16H23F2N3O2/c1-11-5-4-7-19-14(11)23-10-16(17,18)15(22)20-13-6-8-21(3)9-12(13)2/h4-5,7,12-13H,6,8-10H2,1-3H3,(H,20,22)/t12-,13-/m0/s1. The summed E-state index contributed by atoms with van der Waals surface area (Å²) in [5, 5.41) is 2.46. The Morgan fingerprint density at radius 3 is 2.96 bits per heavy atom. The maximum absolute atomic E-state index is 14.0. The second-order valence-corrected chi connectivity index (χ2v) is 6.23. The highest BCUT2D eigenvalue weighted by atomic mass is 19.3. The van der Waals surface area contributed by atoms with Gasteiger partial charge in [0.1, 0.15) is 0 Å². The fourth-order valence-electron chi connectivity index (χ4n) is 2.69. The molecule has 1 amide bonds. The van der Waals surface area contributed by atoms with Crippen LogP contribution >= 0.6 is 0 Å². The Bertz CT molecular complexity index is 554. The molecule has 1 aromatic rings. The highest BCUT2D eigenvalue weighted by molar-refractivity contribution is 5.83. The fraction of sp³-hybridized carbons (Fsp3) is 0.625. The Kier molecular flexibility index (Phi) is 5.51. The largest absolute Gasteiger partial charge is 0.470 e. The molecule has 128 valence electrons. The predicted octanol–water partition coefficient (Wildman–Crippen LogP) is 1.86. The van der Waals surface area contributed by atoms with E-state index in [0.717, 1.165) is 13.1 Å². The summed E-state index contributed by atoms with van der Waals surface area (Å²) < 4.78 is 33.1. The lowest BCUT2D eigenvalue weighted by molar-refractivity contribution is -0.151. The summed E-state index contributed by atoms with van der Waals surface area (Å²) in [5.41, 5.74) is 0.646. The Morgan fingerprint density at radius 2 is 2.30 bits per heavy atom. The van der Waals surface area contributed by atoms with Gasteiger partial charge in [-0.3, -0.25) is 4.79 Å². The minimum atomic E-state index is -3.59. The second-order valence-electron chi connectivity index (χ2n) is 6.23. The Hall–Kier alpha value is -1.76. The summed E-state index contributed by atoms with van der Waals surface area (Å²) in [7, 11) is 1.98. The molecule has 0 bridgehead atoms. The highest BCUT2D eigenvalue weighted by Crippen LogP contribution is 2.21. The number of carbonyl (C=O) groups excluding carboxylic acids is 1. The quantitative estimate of drug-likeness (QED) is 0.897. The fourth-order valence-corrected chi connectivity index (χ4v) is 2.69. The third kappa shape index (κ3) is 4.60. The average Bonchev–Trinajstić information content (AvgIpc) is 2.49. The summed E-state index contributed by atoms with van der Waals surface area (Å²) in [4.78, 5) is 17.9. The van der Waals surface area contributed by atoms with E-state index >= 15 is 0 Å². The molecule has 1 N–H and O–H groups in total. The number of halogens is 2. The number of carbonyl (C=O) groups is 1. The molecule has 2 atom stereocenters. The van der Waals surface area contributed by atoms with E-state index in [0.29, 0.717) is 12.0 Å². The van der Waals surface area contributed by atoms with Gasteiger partial charge < -0.3 is 15.0 Å². The van der Waals surface area contributed by atoms with Gasteiger partial charge in [-0.2, -0.15) is 8.78 Å². The maximum atomic E-state index is 14.0. The molecular formula is C16H23F2N3O2. The first-order valence-corrected chi connectivity index (χ1v) is 7.71. The number of nitrogens with zero attached hydrogens (tertiary/aromatic N) is 2. The number of hydrogen-bond donors (Lipinski definition) is 1. The van der Waals surface area contributed by atoms with Gasteiger partial charge in [-0.1, -0.05) is 13.0 Å². The number of ether oxygens (including phenoxy) is 1. The number of piperidine rings is 1. The van der Waals surface area contributed by atoms with Crippen molar-refractivity contribution in [1.82, 2.24) is 15.2 Å². The number of aryl methyl sites for hydroxylation is 1. The number of amides is 1. The molecule has 1 aliphatic heterocycles. The molecule has 0 radical (unpaired) electrons. The summed E-state index contributed by atoms with van der Waals surface area (Å²) in [5.74, 6) is -4.62. The molecule has 2 rings (SSSR count). The number of likely N-dealkylation sites (tertiary alicyclic amines) is 1. The summed E-state index contributed by atoms with van der Waals surface area (Å²) in [6.45, 7) is 4.20. The van der Waals surface area contributed by atoms with E-state index in [1.807, 2.05) is 14.0 Å². The van der Waals surface area contributed by atoms with Crippen molar-refractivity contribution < 1.29 is 18.3 Å². The first-order valence-electron chi connectivity index (χ1n) is 7.71. The van der Waals surface area contributed by atoms with Crippen LogP contribution < -0.4 is 10.1 Å². The van der Waals surface area contributed by atoms with Crippen LogP contribution in [0.15, 0.2) is 18.3 Å². The lowest BCUT2D eigenvalue weighted by Gasteiger charge is -2.35. The molecule has 0 aliphatic carbocycles. The van der Waals surface area contributed by atoms with Crippen molar-refractivity contribution in [3.63, 3.8) is 0 Å². The van der Waals surface area contributed by atoms with Gasteiger partial charge >= 0.3 is 5.92 Å². The van der Waals surface area contributed by atoms with Gasteiger partial charge in [0.05, 0.1) is 0 Å². The van der Waals surface area contributed by atoms with Crippen LogP contribution in [0.2, 0.25) is 0 Å². The minimum absolute atomic E-state index is 0.118. The van der Waals surface area contributed by atoms with Crippen LogP contribution in [0.25, 0.3) is 0 Å². The molecule has 0 unspecified atom stereocenters. The monoisotopic (exact) mass is 327 g/mol. The average molecular weight is 327 g/mol. The number of alkyl halides is 2. The zero-order valence-corrected chi connectivity index (χ0v) is 13.7. The van der Waals surface area contributed by atoms with Crippen molar-refractivity contribution >= 4 is 5.91 Å². The Morgan fingerprint density at radius 1 is 1.57 bits per heavy atom. The molecular weight excluding hydrogens is 304 g/mol. The molecule has 5 nitrogen and oxygen atoms in total. The lowest BCUT2D eigenvalue weighted by Crippen LogP contribution is -2.54. The predicted molar refractivity (Wildman–Crippen MR) is 82.6 cm³/mol. The Labute approximate surface area is 135 Å². The van der Waals surface area contributed by atoms with Crippen LogP contribution in [0.4, 0.5) is 8.78 Å². The molecule has 0 aromatic carbocycles. The minimum Gasteiger partial charge on any atom is -0.470 e. The normalized spacial score (nSPS) is 22.7. The van der Waals surface area contributed by atoms with E-state index in [1.54, 1.807) is 19.1 Å². The molecule has 1 aromatic heterocycles. The first-order chi connectivity index (χ1) is 10.8. The molecule has 1 fully saturated rings. The van der Waals surface area contributed by atoms with Crippen LogP contribution in [-0.4, -0.2) is 54.5 Å². The number of nitrogens with one attached hydrogen (secondary N) is 1. The zero-order chi connectivity index (χ0) is 17.0. The maximum Gasteiger partial charge on any atom is 0.357 e. The number of hydrogen-bond acceptors (Lipinski definition) is 4. The van der Waals surface area contributed by atoms with E-state index in [1.165, 1.54) is 6.20 Å². The third-order valence-corrected chi connectivity index (χ3v) is 4.11. The zero-order valence-electron chi connectivity index (χ0n) is 13.7. The lowest BCUT2D eigenvalue weighted by atomic mass is 9.94. The SMILES string of the molecule is Cc1cccnc1OCC(F)(F)C(=O)N[C@H]1CCN(C)C[C@@H]1C. The number of rotatable bonds is 5. The number of pyridine rings is 1. The van der Waals surface area contributed by atoms with E-state index in [4.69, 9.17) is 4.74 Å². The van der Waals surface area contributed by atoms with E-state index in [-0.39, 0.29) is 17.8 Å². The van der Waals surface area contributed by atoms with Crippen molar-refractivity contribution in [2.24, 2.45) is 5.92 Å². The van der Waals surface area contributed by atoms with Gasteiger partial charge in [0.25, 0.3) is 5.91 Å². The van der Waals surface area contributed by atoms with E-state index in [2.05, 4.69) is 15.2 Å². The first kappa shape index (κ1) is 17.6. The van der Waals surface area contributed by atoms with Crippen LogP contribution in [0.3, 0.4) is 0 Å². The molecule has 1 aliphatic rings. The van der Waals surface area contributed by atoms with E-state index in [9.17, 15) is 13.6 Å². The van der Waals surface area contributed by atoms with Crippen molar-refractivity contribution in [1.29, 1.82) is 0 Å². The molecule has 7 heteroatoms. The third-order valence-electron chi connectivity index (χ3n) is 4.11. The van der Waals surface area contributed by atoms with Gasteiger partial charge in [-0.25, -0.2) is 4.98 Å². The van der Waals surface area contributed by atoms with Crippen molar-refractivity contribution in [3.05, 3.63) is 23.9 Å². The van der Waals surface area contributed by atoms with Gasteiger partial charge in [-0.15, -0.1) is 0 Å². The molecule has 1 saturated heterocycles. The molecule has 0 spiro atoms. The topological polar surface area (TPSA) is 54.5 Å². The van der Waals surface area contributed by atoms with Crippen LogP contribution in [0, 0.1) is 12.8 Å². The summed E-state index contributed by atoms with van der Waals surface area (Å²) >= 11 is 0. The second kappa shape index (κ2) is 7.21. The molecule has 0 saturated carbocycles.